The van der Waals surface area contributed by atoms with Crippen molar-refractivity contribution in [2.45, 2.75) is 6.92 Å². The van der Waals surface area contributed by atoms with Crippen LogP contribution in [0.1, 0.15) is 18.1 Å². The quantitative estimate of drug-likeness (QED) is 0.165. The number of benzene rings is 3. The number of nitro benzene ring substituents is 1. The summed E-state index contributed by atoms with van der Waals surface area (Å²) in [6.07, 6.45) is 0. The van der Waals surface area contributed by atoms with E-state index in [-0.39, 0.29) is 23.2 Å². The first-order valence-corrected chi connectivity index (χ1v) is 12.1. The van der Waals surface area contributed by atoms with E-state index in [4.69, 9.17) is 17.3 Å². The number of rotatable bonds is 8. The van der Waals surface area contributed by atoms with Crippen LogP contribution >= 0.6 is 11.6 Å². The Morgan fingerprint density at radius 1 is 1.08 bits per heavy atom. The first kappa shape index (κ1) is 26.6. The summed E-state index contributed by atoms with van der Waals surface area (Å²) in [6.45, 7) is 2.74. The summed E-state index contributed by atoms with van der Waals surface area (Å²) in [5.41, 5.74) is 9.10. The van der Waals surface area contributed by atoms with Crippen LogP contribution in [-0.2, 0) is 9.59 Å². The van der Waals surface area contributed by atoms with Crippen molar-refractivity contribution in [2.24, 2.45) is 0 Å². The molecule has 38 heavy (non-hydrogen) atoms. The lowest BCUT2D eigenvalue weighted by molar-refractivity contribution is -0.383. The van der Waals surface area contributed by atoms with E-state index in [1.807, 2.05) is 19.0 Å². The first-order chi connectivity index (χ1) is 18.0. The highest BCUT2D eigenvalue weighted by molar-refractivity contribution is 6.38. The maximum atomic E-state index is 13.1. The van der Waals surface area contributed by atoms with Crippen molar-refractivity contribution in [3.8, 4) is 0 Å². The number of hydrogen-bond donors (Lipinski definition) is 3. The molecule has 3 aromatic rings. The molecule has 11 heteroatoms. The van der Waals surface area contributed by atoms with E-state index >= 15 is 0 Å². The van der Waals surface area contributed by atoms with Crippen molar-refractivity contribution in [3.63, 3.8) is 0 Å². The number of fused-ring (bicyclic) bond motifs is 1. The highest BCUT2D eigenvalue weighted by Gasteiger charge is 2.29. The van der Waals surface area contributed by atoms with Crippen molar-refractivity contribution in [1.29, 1.82) is 0 Å². The summed E-state index contributed by atoms with van der Waals surface area (Å²) in [7, 11) is 3.88. The summed E-state index contributed by atoms with van der Waals surface area (Å²) in [4.78, 5) is 40.0. The molecule has 1 heterocycles. The number of anilines is 4. The number of carbonyl (C=O) groups excluding carboxylic acids is 2. The molecule has 1 aliphatic rings. The van der Waals surface area contributed by atoms with Gasteiger partial charge in [-0.1, -0.05) is 23.7 Å². The van der Waals surface area contributed by atoms with Crippen LogP contribution in [0.2, 0.25) is 5.02 Å². The topological polar surface area (TPSA) is 134 Å². The molecule has 0 unspecified atom stereocenters. The minimum Gasteiger partial charge on any atom is -0.393 e. The number of hydrogen-bond acceptors (Lipinski definition) is 7. The van der Waals surface area contributed by atoms with Crippen LogP contribution in [0.15, 0.2) is 60.7 Å². The van der Waals surface area contributed by atoms with Crippen LogP contribution in [0.3, 0.4) is 0 Å². The fraction of sp³-hybridized carbons (Fsp3) is 0.185. The van der Waals surface area contributed by atoms with Crippen LogP contribution in [0.25, 0.3) is 11.3 Å². The molecule has 4 rings (SSSR count). The molecule has 4 N–H and O–H groups in total. The highest BCUT2D eigenvalue weighted by atomic mass is 35.5. The van der Waals surface area contributed by atoms with Gasteiger partial charge in [0.2, 0.25) is 5.91 Å². The summed E-state index contributed by atoms with van der Waals surface area (Å²) in [5.74, 6) is -0.463. The van der Waals surface area contributed by atoms with Crippen molar-refractivity contribution >= 4 is 63.1 Å². The van der Waals surface area contributed by atoms with Crippen LogP contribution in [-0.4, -0.2) is 48.8 Å². The predicted octanol–water partition coefficient (Wildman–Crippen LogP) is 4.68. The first-order valence-electron chi connectivity index (χ1n) is 11.7. The summed E-state index contributed by atoms with van der Waals surface area (Å²) < 4.78 is 0. The predicted molar refractivity (Wildman–Crippen MR) is 151 cm³/mol. The molecule has 10 nitrogen and oxygen atoms in total. The van der Waals surface area contributed by atoms with Gasteiger partial charge in [0.15, 0.2) is 0 Å². The number of nitrogens with two attached hydrogens (primary N) is 1. The average molecular weight is 535 g/mol. The Bertz CT molecular complexity index is 1450. The van der Waals surface area contributed by atoms with Crippen molar-refractivity contribution in [2.75, 3.05) is 48.5 Å². The lowest BCUT2D eigenvalue weighted by Crippen LogP contribution is -2.35. The fourth-order valence-electron chi connectivity index (χ4n) is 4.17. The Hall–Kier alpha value is -4.41. The fourth-order valence-corrected chi connectivity index (χ4v) is 4.34. The lowest BCUT2D eigenvalue weighted by Gasteiger charge is -2.23. The van der Waals surface area contributed by atoms with Crippen LogP contribution < -0.4 is 21.3 Å². The Morgan fingerprint density at radius 2 is 1.79 bits per heavy atom. The highest BCUT2D eigenvalue weighted by Crippen LogP contribution is 2.40. The average Bonchev–Trinajstić information content (AvgIpc) is 3.17. The minimum atomic E-state index is -0.567. The Balaban J connectivity index is 1.79. The standard InChI is InChI=1S/C27H27ClN6O4/c1-16(35)33(13-12-32(2)3)20-8-6-19(7-9-20)30-26(17-4-11-22(29)24(14-17)34(37)38)25-21-10-5-18(28)15-23(21)31-27(25)36/h4-11,14-15,30H,12-13,29H2,1-3H3,(H,31,36). The largest absolute Gasteiger partial charge is 0.393 e. The summed E-state index contributed by atoms with van der Waals surface area (Å²) in [6, 6.07) is 16.6. The van der Waals surface area contributed by atoms with Gasteiger partial charge in [0.1, 0.15) is 5.69 Å². The third kappa shape index (κ3) is 5.61. The second-order valence-corrected chi connectivity index (χ2v) is 9.51. The molecule has 0 saturated carbocycles. The van der Waals surface area contributed by atoms with Crippen LogP contribution in [0.5, 0.6) is 0 Å². The zero-order chi connectivity index (χ0) is 27.6. The molecule has 0 aliphatic carbocycles. The van der Waals surface area contributed by atoms with E-state index < -0.39 is 4.92 Å². The van der Waals surface area contributed by atoms with Gasteiger partial charge in [-0.2, -0.15) is 0 Å². The Kier molecular flexibility index (Phi) is 7.65. The van der Waals surface area contributed by atoms with Gasteiger partial charge in [-0.3, -0.25) is 19.7 Å². The van der Waals surface area contributed by atoms with Gasteiger partial charge in [-0.05, 0) is 56.6 Å². The molecule has 0 bridgehead atoms. The second kappa shape index (κ2) is 10.9. The number of nitrogen functional groups attached to an aromatic ring is 1. The molecule has 0 atom stereocenters. The molecule has 0 aromatic heterocycles. The van der Waals surface area contributed by atoms with Gasteiger partial charge in [0, 0.05) is 53.6 Å². The maximum absolute atomic E-state index is 13.1. The van der Waals surface area contributed by atoms with Crippen LogP contribution in [0.4, 0.5) is 28.4 Å². The molecule has 2 amide bonds. The molecule has 0 spiro atoms. The molecule has 0 radical (unpaired) electrons. The van der Waals surface area contributed by atoms with E-state index in [2.05, 4.69) is 10.6 Å². The van der Waals surface area contributed by atoms with E-state index in [1.165, 1.54) is 19.1 Å². The second-order valence-electron chi connectivity index (χ2n) is 9.07. The van der Waals surface area contributed by atoms with E-state index in [1.54, 1.807) is 53.4 Å². The van der Waals surface area contributed by atoms with Crippen LogP contribution in [0, 0.1) is 10.1 Å². The normalized spacial score (nSPS) is 13.7. The van der Waals surface area contributed by atoms with E-state index in [0.29, 0.717) is 51.9 Å². The molecule has 196 valence electrons. The monoisotopic (exact) mass is 534 g/mol. The lowest BCUT2D eigenvalue weighted by atomic mass is 9.99. The summed E-state index contributed by atoms with van der Waals surface area (Å²) in [5, 5.41) is 18.1. The zero-order valence-electron chi connectivity index (χ0n) is 21.1. The molecular formula is C27H27ClN6O4. The Morgan fingerprint density at radius 3 is 2.42 bits per heavy atom. The number of nitro groups is 1. The minimum absolute atomic E-state index is 0.0116. The third-order valence-corrected chi connectivity index (χ3v) is 6.33. The van der Waals surface area contributed by atoms with Crippen molar-refractivity contribution in [3.05, 3.63) is 86.9 Å². The zero-order valence-corrected chi connectivity index (χ0v) is 21.9. The van der Waals surface area contributed by atoms with Gasteiger partial charge in [0.25, 0.3) is 11.6 Å². The van der Waals surface area contributed by atoms with Gasteiger partial charge in [0.05, 0.1) is 21.9 Å². The number of amides is 2. The SMILES string of the molecule is CC(=O)N(CCN(C)C)c1ccc(NC(=C2C(=O)Nc3cc(Cl)ccc32)c2ccc(N)c([N+](=O)[O-])c2)cc1. The molecule has 0 fully saturated rings. The van der Waals surface area contributed by atoms with Crippen molar-refractivity contribution < 1.29 is 14.5 Å². The number of halogens is 1. The van der Waals surface area contributed by atoms with Gasteiger partial charge in [-0.15, -0.1) is 0 Å². The Labute approximate surface area is 224 Å². The van der Waals surface area contributed by atoms with E-state index in [0.717, 1.165) is 5.69 Å². The summed E-state index contributed by atoms with van der Waals surface area (Å²) >= 11 is 6.12. The van der Waals surface area contributed by atoms with E-state index in [9.17, 15) is 19.7 Å². The van der Waals surface area contributed by atoms with Gasteiger partial charge < -0.3 is 26.2 Å². The number of carbonyl (C=O) groups is 2. The van der Waals surface area contributed by atoms with Crippen molar-refractivity contribution in [1.82, 2.24) is 4.90 Å². The van der Waals surface area contributed by atoms with Gasteiger partial charge >= 0.3 is 0 Å². The number of likely N-dealkylation sites (N-methyl/N-ethyl adjacent to an activating group) is 1. The third-order valence-electron chi connectivity index (χ3n) is 6.09. The van der Waals surface area contributed by atoms with Gasteiger partial charge in [-0.25, -0.2) is 0 Å². The molecule has 3 aromatic carbocycles. The maximum Gasteiger partial charge on any atom is 0.292 e. The molecule has 1 aliphatic heterocycles. The molecule has 0 saturated heterocycles. The number of nitrogens with one attached hydrogen (secondary N) is 2. The number of nitrogens with zero attached hydrogens (tertiary/aromatic N) is 3. The smallest absolute Gasteiger partial charge is 0.292 e. The molecular weight excluding hydrogens is 508 g/mol.